The van der Waals surface area contributed by atoms with Crippen molar-refractivity contribution >= 4 is 29.3 Å². The first-order chi connectivity index (χ1) is 13.7. The Labute approximate surface area is 171 Å². The molecule has 2 aromatic rings. The number of nitrogens with one attached hydrogen (secondary N) is 2. The summed E-state index contributed by atoms with van der Waals surface area (Å²) in [6.45, 7) is 0. The van der Waals surface area contributed by atoms with Gasteiger partial charge in [-0.2, -0.15) is 0 Å². The molecule has 28 heavy (non-hydrogen) atoms. The van der Waals surface area contributed by atoms with Crippen LogP contribution in [0.2, 0.25) is 0 Å². The molecule has 0 bridgehead atoms. The summed E-state index contributed by atoms with van der Waals surface area (Å²) in [5.41, 5.74) is 2.64. The van der Waals surface area contributed by atoms with Crippen molar-refractivity contribution in [3.8, 4) is 0 Å². The predicted octanol–water partition coefficient (Wildman–Crippen LogP) is 5.01. The normalized spacial score (nSPS) is 14.9. The number of carbonyl (C=O) groups is 2. The largest absolute Gasteiger partial charge is 0.349 e. The van der Waals surface area contributed by atoms with Gasteiger partial charge in [-0.1, -0.05) is 56.0 Å². The fraction of sp³-hybridized carbons (Fsp3) is 0.391. The summed E-state index contributed by atoms with van der Waals surface area (Å²) in [4.78, 5) is 24.4. The SMILES string of the molecule is O=C(CSCc1ccc(C(=O)NC2CCCCCC2)cc1)Nc1ccccc1. The third-order valence-electron chi connectivity index (χ3n) is 4.97. The topological polar surface area (TPSA) is 58.2 Å². The maximum atomic E-state index is 12.4. The third kappa shape index (κ3) is 6.71. The predicted molar refractivity (Wildman–Crippen MR) is 117 cm³/mol. The van der Waals surface area contributed by atoms with Gasteiger partial charge < -0.3 is 10.6 Å². The highest BCUT2D eigenvalue weighted by Crippen LogP contribution is 2.18. The average molecular weight is 397 g/mol. The Morgan fingerprint density at radius 1 is 0.893 bits per heavy atom. The maximum Gasteiger partial charge on any atom is 0.251 e. The summed E-state index contributed by atoms with van der Waals surface area (Å²) >= 11 is 1.57. The number of carbonyl (C=O) groups excluding carboxylic acids is 2. The van der Waals surface area contributed by atoms with E-state index in [0.717, 1.165) is 29.8 Å². The summed E-state index contributed by atoms with van der Waals surface area (Å²) < 4.78 is 0. The van der Waals surface area contributed by atoms with Gasteiger partial charge in [-0.15, -0.1) is 11.8 Å². The lowest BCUT2D eigenvalue weighted by atomic mass is 10.1. The summed E-state index contributed by atoms with van der Waals surface area (Å²) in [5.74, 6) is 1.16. The summed E-state index contributed by atoms with van der Waals surface area (Å²) in [7, 11) is 0. The molecule has 2 N–H and O–H groups in total. The Hall–Kier alpha value is -2.27. The summed E-state index contributed by atoms with van der Waals surface area (Å²) in [6.07, 6.45) is 7.15. The molecule has 0 aliphatic heterocycles. The molecule has 0 atom stereocenters. The van der Waals surface area contributed by atoms with Crippen molar-refractivity contribution in [1.29, 1.82) is 0 Å². The first kappa shape index (κ1) is 20.5. The maximum absolute atomic E-state index is 12.4. The Kier molecular flexibility index (Phi) is 7.97. The molecule has 0 aromatic heterocycles. The molecule has 148 valence electrons. The molecular formula is C23H28N2O2S. The Balaban J connectivity index is 1.41. The standard InChI is InChI=1S/C23H28N2O2S/c26-22(24-20-8-6-3-7-9-20)17-28-16-18-12-14-19(15-13-18)23(27)25-21-10-4-1-2-5-11-21/h3,6-9,12-15,21H,1-2,4-5,10-11,16-17H2,(H,24,26)(H,25,27). The van der Waals surface area contributed by atoms with Crippen molar-refractivity contribution in [3.05, 3.63) is 65.7 Å². The van der Waals surface area contributed by atoms with Gasteiger partial charge in [0.15, 0.2) is 0 Å². The molecule has 3 rings (SSSR count). The van der Waals surface area contributed by atoms with Crippen LogP contribution in [0.15, 0.2) is 54.6 Å². The minimum Gasteiger partial charge on any atom is -0.349 e. The van der Waals surface area contributed by atoms with E-state index in [4.69, 9.17) is 0 Å². The number of hydrogen-bond donors (Lipinski definition) is 2. The quantitative estimate of drug-likeness (QED) is 0.647. The zero-order chi connectivity index (χ0) is 19.6. The van der Waals surface area contributed by atoms with E-state index in [1.165, 1.54) is 25.7 Å². The van der Waals surface area contributed by atoms with E-state index in [1.807, 2.05) is 54.6 Å². The van der Waals surface area contributed by atoms with Gasteiger partial charge in [0.25, 0.3) is 5.91 Å². The second-order valence-electron chi connectivity index (χ2n) is 7.27. The van der Waals surface area contributed by atoms with Crippen molar-refractivity contribution in [2.24, 2.45) is 0 Å². The lowest BCUT2D eigenvalue weighted by Crippen LogP contribution is -2.34. The van der Waals surface area contributed by atoms with Crippen molar-refractivity contribution in [2.45, 2.75) is 50.3 Å². The van der Waals surface area contributed by atoms with Crippen LogP contribution in [-0.4, -0.2) is 23.6 Å². The number of thioether (sulfide) groups is 1. The van der Waals surface area contributed by atoms with Gasteiger partial charge in [0.1, 0.15) is 0 Å². The third-order valence-corrected chi connectivity index (χ3v) is 5.97. The molecule has 1 aliphatic rings. The van der Waals surface area contributed by atoms with E-state index in [1.54, 1.807) is 11.8 Å². The number of benzene rings is 2. The molecule has 0 unspecified atom stereocenters. The highest BCUT2D eigenvalue weighted by molar-refractivity contribution is 7.99. The molecule has 4 nitrogen and oxygen atoms in total. The van der Waals surface area contributed by atoms with Crippen LogP contribution in [0.1, 0.15) is 54.4 Å². The second kappa shape index (κ2) is 10.9. The molecule has 0 radical (unpaired) electrons. The molecule has 1 fully saturated rings. The van der Waals surface area contributed by atoms with Crippen LogP contribution in [-0.2, 0) is 10.5 Å². The van der Waals surface area contributed by atoms with E-state index in [0.29, 0.717) is 17.4 Å². The second-order valence-corrected chi connectivity index (χ2v) is 8.25. The number of rotatable bonds is 7. The Bertz CT molecular complexity index is 754. The van der Waals surface area contributed by atoms with Crippen LogP contribution >= 0.6 is 11.8 Å². The minimum atomic E-state index is -0.00408. The van der Waals surface area contributed by atoms with Gasteiger partial charge in [-0.05, 0) is 42.7 Å². The zero-order valence-electron chi connectivity index (χ0n) is 16.2. The van der Waals surface area contributed by atoms with Crippen molar-refractivity contribution in [2.75, 3.05) is 11.1 Å². The van der Waals surface area contributed by atoms with E-state index in [9.17, 15) is 9.59 Å². The zero-order valence-corrected chi connectivity index (χ0v) is 17.0. The number of hydrogen-bond acceptors (Lipinski definition) is 3. The lowest BCUT2D eigenvalue weighted by Gasteiger charge is -2.16. The van der Waals surface area contributed by atoms with Gasteiger partial charge >= 0.3 is 0 Å². The highest BCUT2D eigenvalue weighted by Gasteiger charge is 2.15. The molecule has 2 aromatic carbocycles. The molecule has 0 saturated heterocycles. The van der Waals surface area contributed by atoms with E-state index < -0.39 is 0 Å². The van der Waals surface area contributed by atoms with Crippen molar-refractivity contribution in [1.82, 2.24) is 5.32 Å². The Morgan fingerprint density at radius 2 is 1.57 bits per heavy atom. The van der Waals surface area contributed by atoms with Gasteiger partial charge in [0, 0.05) is 23.0 Å². The summed E-state index contributed by atoms with van der Waals surface area (Å²) in [6, 6.07) is 17.5. The number of amides is 2. The van der Waals surface area contributed by atoms with Crippen LogP contribution in [0.4, 0.5) is 5.69 Å². The van der Waals surface area contributed by atoms with E-state index in [-0.39, 0.29) is 11.8 Å². The smallest absolute Gasteiger partial charge is 0.251 e. The molecular weight excluding hydrogens is 368 g/mol. The minimum absolute atomic E-state index is 0.00408. The van der Waals surface area contributed by atoms with Gasteiger partial charge in [0.2, 0.25) is 5.91 Å². The molecule has 5 heteroatoms. The Morgan fingerprint density at radius 3 is 2.25 bits per heavy atom. The van der Waals surface area contributed by atoms with Crippen LogP contribution in [0, 0.1) is 0 Å². The fourth-order valence-electron chi connectivity index (χ4n) is 3.42. The van der Waals surface area contributed by atoms with Gasteiger partial charge in [-0.25, -0.2) is 0 Å². The van der Waals surface area contributed by atoms with Crippen LogP contribution in [0.3, 0.4) is 0 Å². The van der Waals surface area contributed by atoms with E-state index in [2.05, 4.69) is 10.6 Å². The van der Waals surface area contributed by atoms with Gasteiger partial charge in [-0.3, -0.25) is 9.59 Å². The number of anilines is 1. The molecule has 1 aliphatic carbocycles. The van der Waals surface area contributed by atoms with E-state index >= 15 is 0 Å². The lowest BCUT2D eigenvalue weighted by molar-refractivity contribution is -0.113. The van der Waals surface area contributed by atoms with Crippen LogP contribution < -0.4 is 10.6 Å². The highest BCUT2D eigenvalue weighted by atomic mass is 32.2. The molecule has 2 amide bonds. The molecule has 0 spiro atoms. The monoisotopic (exact) mass is 396 g/mol. The first-order valence-electron chi connectivity index (χ1n) is 10.0. The summed E-state index contributed by atoms with van der Waals surface area (Å²) in [5, 5.41) is 6.06. The first-order valence-corrected chi connectivity index (χ1v) is 11.2. The number of para-hydroxylation sites is 1. The fourth-order valence-corrected chi connectivity index (χ4v) is 4.21. The van der Waals surface area contributed by atoms with Crippen LogP contribution in [0.25, 0.3) is 0 Å². The molecule has 0 heterocycles. The van der Waals surface area contributed by atoms with Crippen LogP contribution in [0.5, 0.6) is 0 Å². The van der Waals surface area contributed by atoms with Gasteiger partial charge in [0.05, 0.1) is 5.75 Å². The molecule has 1 saturated carbocycles. The van der Waals surface area contributed by atoms with Crippen molar-refractivity contribution < 1.29 is 9.59 Å². The average Bonchev–Trinajstić information content (AvgIpc) is 2.98. The van der Waals surface area contributed by atoms with Crippen molar-refractivity contribution in [3.63, 3.8) is 0 Å².